The minimum absolute atomic E-state index is 0.0449. The van der Waals surface area contributed by atoms with Gasteiger partial charge in [0, 0.05) is 23.7 Å². The number of pyridine rings is 1. The van der Waals surface area contributed by atoms with Gasteiger partial charge in [-0.25, -0.2) is 4.79 Å². The first-order valence-corrected chi connectivity index (χ1v) is 10.5. The highest BCUT2D eigenvalue weighted by Crippen LogP contribution is 2.49. The Hall–Kier alpha value is -2.67. The maximum absolute atomic E-state index is 12.5. The van der Waals surface area contributed by atoms with Gasteiger partial charge in [-0.2, -0.15) is 16.4 Å². The highest BCUT2D eigenvalue weighted by molar-refractivity contribution is 7.08. The third kappa shape index (κ3) is 2.57. The van der Waals surface area contributed by atoms with Crippen molar-refractivity contribution in [2.75, 3.05) is 0 Å². The maximum Gasteiger partial charge on any atom is 0.341 e. The molecule has 7 heteroatoms. The number of hydrogen-bond acceptors (Lipinski definition) is 4. The van der Waals surface area contributed by atoms with Crippen molar-refractivity contribution in [2.45, 2.75) is 45.2 Å². The summed E-state index contributed by atoms with van der Waals surface area (Å²) in [6, 6.07) is 3.62. The van der Waals surface area contributed by atoms with Crippen LogP contribution >= 0.6 is 11.3 Å². The van der Waals surface area contributed by atoms with Crippen LogP contribution in [0, 0.1) is 5.92 Å². The van der Waals surface area contributed by atoms with E-state index < -0.39 is 11.4 Å². The first kappa shape index (κ1) is 17.4. The Labute approximate surface area is 166 Å². The molecule has 144 valence electrons. The Morgan fingerprint density at radius 2 is 2.14 bits per heavy atom. The predicted octanol–water partition coefficient (Wildman–Crippen LogP) is 4.23. The standard InChI is InChI=1S/C21H21N3O3S/c1-11(2)16-9-24-20(15-7-17(25)14(21(26)27)8-23(15)16)18(13-5-6-28-10-13)19(22-24)12-3-4-12/h5-8,10-12,16H,3-4,9H2,1-2H3,(H,26,27)/t16-/m0/s1. The van der Waals surface area contributed by atoms with Crippen LogP contribution in [0.1, 0.15) is 54.7 Å². The molecule has 1 saturated carbocycles. The van der Waals surface area contributed by atoms with Gasteiger partial charge in [0.05, 0.1) is 29.7 Å². The summed E-state index contributed by atoms with van der Waals surface area (Å²) in [6.07, 6.45) is 3.81. The molecule has 4 heterocycles. The molecule has 1 aliphatic carbocycles. The zero-order chi connectivity index (χ0) is 19.6. The first-order valence-electron chi connectivity index (χ1n) is 9.58. The van der Waals surface area contributed by atoms with Crippen LogP contribution in [0.15, 0.2) is 33.9 Å². The lowest BCUT2D eigenvalue weighted by Crippen LogP contribution is -2.31. The average molecular weight is 395 g/mol. The Morgan fingerprint density at radius 1 is 1.36 bits per heavy atom. The number of thiophene rings is 1. The van der Waals surface area contributed by atoms with Crippen LogP contribution in [0.25, 0.3) is 22.5 Å². The highest BCUT2D eigenvalue weighted by Gasteiger charge is 2.37. The Kier molecular flexibility index (Phi) is 3.84. The van der Waals surface area contributed by atoms with Crippen molar-refractivity contribution in [2.24, 2.45) is 5.92 Å². The molecule has 0 bridgehead atoms. The Bertz CT molecular complexity index is 1140. The fourth-order valence-electron chi connectivity index (χ4n) is 4.18. The van der Waals surface area contributed by atoms with Gasteiger partial charge in [-0.15, -0.1) is 0 Å². The maximum atomic E-state index is 12.5. The van der Waals surface area contributed by atoms with Crippen LogP contribution in [0.3, 0.4) is 0 Å². The van der Waals surface area contributed by atoms with E-state index in [0.717, 1.165) is 41.1 Å². The molecule has 1 atom stereocenters. The van der Waals surface area contributed by atoms with Crippen molar-refractivity contribution >= 4 is 17.3 Å². The van der Waals surface area contributed by atoms with Crippen molar-refractivity contribution < 1.29 is 9.90 Å². The summed E-state index contributed by atoms with van der Waals surface area (Å²) in [5, 5.41) is 18.6. The van der Waals surface area contributed by atoms with E-state index in [9.17, 15) is 14.7 Å². The van der Waals surface area contributed by atoms with Crippen molar-refractivity contribution in [3.63, 3.8) is 0 Å². The van der Waals surface area contributed by atoms with Gasteiger partial charge in [-0.1, -0.05) is 13.8 Å². The Morgan fingerprint density at radius 3 is 2.75 bits per heavy atom. The number of rotatable bonds is 4. The molecule has 3 aromatic rings. The summed E-state index contributed by atoms with van der Waals surface area (Å²) in [5.41, 5.74) is 4.40. The van der Waals surface area contributed by atoms with Crippen LogP contribution < -0.4 is 5.43 Å². The molecule has 1 aliphatic heterocycles. The topological polar surface area (TPSA) is 77.1 Å². The van der Waals surface area contributed by atoms with Gasteiger partial charge in [0.2, 0.25) is 0 Å². The number of fused-ring (bicyclic) bond motifs is 3. The SMILES string of the molecule is CC(C)[C@@H]1Cn2nc(C3CC3)c(-c3ccsc3)c2-c2cc(=O)c(C(=O)O)cn21. The predicted molar refractivity (Wildman–Crippen MR) is 108 cm³/mol. The van der Waals surface area contributed by atoms with Crippen molar-refractivity contribution in [1.29, 1.82) is 0 Å². The third-order valence-electron chi connectivity index (χ3n) is 5.79. The van der Waals surface area contributed by atoms with Crippen LogP contribution in [0.5, 0.6) is 0 Å². The normalized spacial score (nSPS) is 18.2. The minimum atomic E-state index is -1.18. The van der Waals surface area contributed by atoms with E-state index in [1.807, 2.05) is 9.25 Å². The molecular formula is C21H21N3O3S. The lowest BCUT2D eigenvalue weighted by molar-refractivity contribution is 0.0694. The third-order valence-corrected chi connectivity index (χ3v) is 6.48. The molecule has 0 unspecified atom stereocenters. The highest BCUT2D eigenvalue weighted by atomic mass is 32.1. The number of carboxylic acid groups (broad SMARTS) is 1. The largest absolute Gasteiger partial charge is 0.477 e. The molecule has 5 rings (SSSR count). The second-order valence-electron chi connectivity index (χ2n) is 8.04. The molecule has 0 aromatic carbocycles. The summed E-state index contributed by atoms with van der Waals surface area (Å²) < 4.78 is 4.03. The van der Waals surface area contributed by atoms with Crippen molar-refractivity contribution in [1.82, 2.24) is 14.3 Å². The van der Waals surface area contributed by atoms with Gasteiger partial charge >= 0.3 is 5.97 Å². The number of nitrogens with zero attached hydrogens (tertiary/aromatic N) is 3. The summed E-state index contributed by atoms with van der Waals surface area (Å²) in [5.74, 6) is -0.434. The molecule has 2 aliphatic rings. The molecule has 28 heavy (non-hydrogen) atoms. The average Bonchev–Trinajstić information content (AvgIpc) is 3.21. The second kappa shape index (κ2) is 6.17. The zero-order valence-corrected chi connectivity index (χ0v) is 16.6. The molecular weight excluding hydrogens is 374 g/mol. The van der Waals surface area contributed by atoms with E-state index >= 15 is 0 Å². The van der Waals surface area contributed by atoms with Crippen LogP contribution in [0.2, 0.25) is 0 Å². The number of carboxylic acids is 1. The summed E-state index contributed by atoms with van der Waals surface area (Å²) in [4.78, 5) is 24.1. The molecule has 1 fully saturated rings. The van der Waals surface area contributed by atoms with E-state index in [-0.39, 0.29) is 17.5 Å². The molecule has 1 N–H and O–H groups in total. The van der Waals surface area contributed by atoms with E-state index in [2.05, 4.69) is 30.7 Å². The quantitative estimate of drug-likeness (QED) is 0.717. The molecule has 0 amide bonds. The van der Waals surface area contributed by atoms with E-state index in [1.54, 1.807) is 11.3 Å². The summed E-state index contributed by atoms with van der Waals surface area (Å²) in [6.45, 7) is 4.90. The second-order valence-corrected chi connectivity index (χ2v) is 8.82. The van der Waals surface area contributed by atoms with E-state index in [4.69, 9.17) is 5.10 Å². The van der Waals surface area contributed by atoms with Gasteiger partial charge < -0.3 is 9.67 Å². The minimum Gasteiger partial charge on any atom is -0.477 e. The van der Waals surface area contributed by atoms with E-state index in [0.29, 0.717) is 12.5 Å². The fourth-order valence-corrected chi connectivity index (χ4v) is 4.82. The van der Waals surface area contributed by atoms with E-state index in [1.165, 1.54) is 12.3 Å². The lowest BCUT2D eigenvalue weighted by Gasteiger charge is -2.32. The number of hydrogen-bond donors (Lipinski definition) is 1. The fraction of sp³-hybridized carbons (Fsp3) is 0.381. The van der Waals surface area contributed by atoms with Gasteiger partial charge in [-0.3, -0.25) is 9.48 Å². The number of aromatic carboxylic acids is 1. The first-order chi connectivity index (χ1) is 13.5. The molecule has 0 saturated heterocycles. The zero-order valence-electron chi connectivity index (χ0n) is 15.8. The van der Waals surface area contributed by atoms with Gasteiger partial charge in [0.15, 0.2) is 5.43 Å². The Balaban J connectivity index is 1.82. The molecule has 3 aromatic heterocycles. The van der Waals surface area contributed by atoms with Crippen molar-refractivity contribution in [3.05, 3.63) is 50.6 Å². The van der Waals surface area contributed by atoms with Gasteiger partial charge in [0.1, 0.15) is 5.56 Å². The van der Waals surface area contributed by atoms with Crippen LogP contribution in [-0.4, -0.2) is 25.4 Å². The van der Waals surface area contributed by atoms with Crippen LogP contribution in [-0.2, 0) is 6.54 Å². The van der Waals surface area contributed by atoms with Crippen molar-refractivity contribution in [3.8, 4) is 22.5 Å². The lowest BCUT2D eigenvalue weighted by atomic mass is 9.96. The smallest absolute Gasteiger partial charge is 0.341 e. The van der Waals surface area contributed by atoms with Gasteiger partial charge in [-0.05, 0) is 41.1 Å². The number of aromatic nitrogens is 3. The monoisotopic (exact) mass is 395 g/mol. The summed E-state index contributed by atoms with van der Waals surface area (Å²) >= 11 is 1.64. The van der Waals surface area contributed by atoms with Crippen LogP contribution in [0.4, 0.5) is 0 Å². The molecule has 0 spiro atoms. The number of carbonyl (C=O) groups is 1. The molecule has 6 nitrogen and oxygen atoms in total. The van der Waals surface area contributed by atoms with Gasteiger partial charge in [0.25, 0.3) is 0 Å². The molecule has 0 radical (unpaired) electrons. The summed E-state index contributed by atoms with van der Waals surface area (Å²) in [7, 11) is 0.